The van der Waals surface area contributed by atoms with Gasteiger partial charge in [0, 0.05) is 32.6 Å². The van der Waals surface area contributed by atoms with Gasteiger partial charge in [-0.2, -0.15) is 0 Å². The van der Waals surface area contributed by atoms with Crippen LogP contribution >= 0.6 is 11.3 Å². The van der Waals surface area contributed by atoms with Crippen molar-refractivity contribution in [2.24, 2.45) is 0 Å². The first-order valence-corrected chi connectivity index (χ1v) is 12.7. The molecule has 0 atom stereocenters. The summed E-state index contributed by atoms with van der Waals surface area (Å²) in [6.07, 6.45) is 3.65. The minimum atomic E-state index is 0.0239. The fourth-order valence-corrected chi connectivity index (χ4v) is 5.79. The van der Waals surface area contributed by atoms with Crippen LogP contribution < -0.4 is 9.47 Å². The van der Waals surface area contributed by atoms with Crippen LogP contribution in [-0.4, -0.2) is 44.0 Å². The zero-order chi connectivity index (χ0) is 23.3. The Balaban J connectivity index is 1.37. The Bertz CT molecular complexity index is 1260. The lowest BCUT2D eigenvalue weighted by Gasteiger charge is -2.14. The van der Waals surface area contributed by atoms with Crippen LogP contribution in [0.15, 0.2) is 72.8 Å². The largest absolute Gasteiger partial charge is 0.497 e. The highest BCUT2D eigenvalue weighted by Crippen LogP contribution is 2.41. The zero-order valence-electron chi connectivity index (χ0n) is 19.5. The number of likely N-dealkylation sites (tertiary alicyclic amines) is 1. The summed E-state index contributed by atoms with van der Waals surface area (Å²) in [6.45, 7) is 4.21. The number of ether oxygens (including phenoxy) is 2. The Morgan fingerprint density at radius 3 is 2.41 bits per heavy atom. The highest BCUT2D eigenvalue weighted by molar-refractivity contribution is 7.22. The average Bonchev–Trinajstić information content (AvgIpc) is 3.54. The van der Waals surface area contributed by atoms with Crippen LogP contribution in [0, 0.1) is 0 Å². The number of fused-ring (bicyclic) bond motifs is 1. The van der Waals surface area contributed by atoms with Gasteiger partial charge in [0.1, 0.15) is 11.5 Å². The molecule has 1 aromatic heterocycles. The van der Waals surface area contributed by atoms with E-state index in [2.05, 4.69) is 17.0 Å². The molecule has 0 radical (unpaired) electrons. The molecule has 174 valence electrons. The first-order chi connectivity index (χ1) is 16.7. The van der Waals surface area contributed by atoms with Crippen LogP contribution in [0.25, 0.3) is 20.5 Å². The Labute approximate surface area is 204 Å². The molecule has 1 aliphatic rings. The highest BCUT2D eigenvalue weighted by Gasteiger charge is 2.22. The molecule has 0 bridgehead atoms. The summed E-state index contributed by atoms with van der Waals surface area (Å²) in [7, 11) is 1.66. The van der Waals surface area contributed by atoms with E-state index in [9.17, 15) is 4.79 Å². The molecule has 0 N–H and O–H groups in total. The maximum atomic E-state index is 13.7. The van der Waals surface area contributed by atoms with E-state index in [0.717, 1.165) is 50.6 Å². The molecule has 1 aliphatic heterocycles. The maximum Gasteiger partial charge on any atom is 0.195 e. The quantitative estimate of drug-likeness (QED) is 0.202. The van der Waals surface area contributed by atoms with E-state index in [1.54, 1.807) is 18.4 Å². The number of rotatable bonds is 9. The van der Waals surface area contributed by atoms with Crippen molar-refractivity contribution in [2.75, 3.05) is 33.4 Å². The van der Waals surface area contributed by atoms with Crippen LogP contribution in [0.1, 0.15) is 35.2 Å². The second-order valence-corrected chi connectivity index (χ2v) is 9.69. The average molecular weight is 472 g/mol. The molecule has 1 fully saturated rings. The molecule has 0 amide bonds. The normalized spacial score (nSPS) is 13.9. The molecule has 4 nitrogen and oxygen atoms in total. The van der Waals surface area contributed by atoms with Crippen LogP contribution in [0.3, 0.4) is 0 Å². The summed E-state index contributed by atoms with van der Waals surface area (Å²) in [4.78, 5) is 17.2. The van der Waals surface area contributed by atoms with E-state index in [4.69, 9.17) is 9.47 Å². The van der Waals surface area contributed by atoms with Crippen molar-refractivity contribution in [1.29, 1.82) is 0 Å². The standard InChI is InChI=1S/C29H29NO3S/c1-32-24-14-15-25-26(20-24)34-29(22-8-3-2-4-9-22)27(25)28(31)21-10-12-23(13-11-21)33-19-7-18-30-16-5-6-17-30/h2-4,8-15,20H,5-7,16-19H2,1H3. The second kappa shape index (κ2) is 10.4. The van der Waals surface area contributed by atoms with Gasteiger partial charge in [-0.15, -0.1) is 11.3 Å². The van der Waals surface area contributed by atoms with Crippen molar-refractivity contribution in [3.8, 4) is 21.9 Å². The topological polar surface area (TPSA) is 38.8 Å². The summed E-state index contributed by atoms with van der Waals surface area (Å²) in [5.74, 6) is 1.62. The zero-order valence-corrected chi connectivity index (χ0v) is 20.3. The van der Waals surface area contributed by atoms with E-state index in [1.807, 2.05) is 60.7 Å². The third-order valence-electron chi connectivity index (χ3n) is 6.36. The lowest BCUT2D eigenvalue weighted by Crippen LogP contribution is -2.21. The fraction of sp³-hybridized carbons (Fsp3) is 0.276. The summed E-state index contributed by atoms with van der Waals surface area (Å²) in [6, 6.07) is 23.6. The molecule has 1 saturated heterocycles. The third kappa shape index (κ3) is 4.86. The number of ketones is 1. The minimum Gasteiger partial charge on any atom is -0.497 e. The second-order valence-electron chi connectivity index (χ2n) is 8.64. The molecular weight excluding hydrogens is 442 g/mol. The maximum absolute atomic E-state index is 13.7. The van der Waals surface area contributed by atoms with Crippen molar-refractivity contribution in [3.63, 3.8) is 0 Å². The van der Waals surface area contributed by atoms with Gasteiger partial charge in [0.2, 0.25) is 0 Å². The Hall–Kier alpha value is -3.15. The van der Waals surface area contributed by atoms with Gasteiger partial charge in [0.05, 0.1) is 13.7 Å². The molecule has 0 saturated carbocycles. The van der Waals surface area contributed by atoms with Crippen molar-refractivity contribution in [1.82, 2.24) is 4.90 Å². The predicted molar refractivity (Wildman–Crippen MR) is 139 cm³/mol. The first kappa shape index (κ1) is 22.6. The van der Waals surface area contributed by atoms with Gasteiger partial charge in [0.15, 0.2) is 5.78 Å². The smallest absolute Gasteiger partial charge is 0.195 e. The Morgan fingerprint density at radius 2 is 1.68 bits per heavy atom. The molecule has 5 heteroatoms. The fourth-order valence-electron chi connectivity index (χ4n) is 4.55. The van der Waals surface area contributed by atoms with Crippen molar-refractivity contribution < 1.29 is 14.3 Å². The van der Waals surface area contributed by atoms with Gasteiger partial charge in [-0.3, -0.25) is 4.79 Å². The van der Waals surface area contributed by atoms with Gasteiger partial charge < -0.3 is 14.4 Å². The molecule has 4 aromatic rings. The third-order valence-corrected chi connectivity index (χ3v) is 7.56. The molecule has 34 heavy (non-hydrogen) atoms. The van der Waals surface area contributed by atoms with E-state index in [0.29, 0.717) is 12.2 Å². The van der Waals surface area contributed by atoms with Crippen LogP contribution in [-0.2, 0) is 0 Å². The molecular formula is C29H29NO3S. The summed E-state index contributed by atoms with van der Waals surface area (Å²) >= 11 is 1.63. The van der Waals surface area contributed by atoms with E-state index in [-0.39, 0.29) is 5.78 Å². The SMILES string of the molecule is COc1ccc2c(C(=O)c3ccc(OCCCN4CCCC4)cc3)c(-c3ccccc3)sc2c1. The van der Waals surface area contributed by atoms with E-state index >= 15 is 0 Å². The Morgan fingerprint density at radius 1 is 0.941 bits per heavy atom. The van der Waals surface area contributed by atoms with Gasteiger partial charge in [-0.25, -0.2) is 0 Å². The number of benzene rings is 3. The van der Waals surface area contributed by atoms with Crippen molar-refractivity contribution in [2.45, 2.75) is 19.3 Å². The van der Waals surface area contributed by atoms with Crippen LogP contribution in [0.4, 0.5) is 0 Å². The number of nitrogens with zero attached hydrogens (tertiary/aromatic N) is 1. The molecule has 2 heterocycles. The van der Waals surface area contributed by atoms with Gasteiger partial charge >= 0.3 is 0 Å². The number of thiophene rings is 1. The van der Waals surface area contributed by atoms with Gasteiger partial charge in [-0.1, -0.05) is 30.3 Å². The van der Waals surface area contributed by atoms with Crippen LogP contribution in [0.2, 0.25) is 0 Å². The minimum absolute atomic E-state index is 0.0239. The molecule has 3 aromatic carbocycles. The molecule has 5 rings (SSSR count). The summed E-state index contributed by atoms with van der Waals surface area (Å²) < 4.78 is 12.4. The van der Waals surface area contributed by atoms with E-state index in [1.165, 1.54) is 25.9 Å². The summed E-state index contributed by atoms with van der Waals surface area (Å²) in [5, 5.41) is 0.955. The van der Waals surface area contributed by atoms with Gasteiger partial charge in [0.25, 0.3) is 0 Å². The number of carbonyl (C=O) groups is 1. The number of methoxy groups -OCH3 is 1. The molecule has 0 unspecified atom stereocenters. The number of carbonyl (C=O) groups excluding carboxylic acids is 1. The lowest BCUT2D eigenvalue weighted by molar-refractivity contribution is 0.104. The Kier molecular flexibility index (Phi) is 6.93. The lowest BCUT2D eigenvalue weighted by atomic mass is 9.97. The number of hydrogen-bond acceptors (Lipinski definition) is 5. The summed E-state index contributed by atoms with van der Waals surface area (Å²) in [5.41, 5.74) is 2.45. The number of hydrogen-bond donors (Lipinski definition) is 0. The van der Waals surface area contributed by atoms with Crippen molar-refractivity contribution >= 4 is 27.2 Å². The molecule has 0 spiro atoms. The van der Waals surface area contributed by atoms with Crippen LogP contribution in [0.5, 0.6) is 11.5 Å². The van der Waals surface area contributed by atoms with Gasteiger partial charge in [-0.05, 0) is 80.4 Å². The monoisotopic (exact) mass is 471 g/mol. The van der Waals surface area contributed by atoms with E-state index < -0.39 is 0 Å². The van der Waals surface area contributed by atoms with Crippen molar-refractivity contribution in [3.05, 3.63) is 83.9 Å². The highest BCUT2D eigenvalue weighted by atomic mass is 32.1. The first-order valence-electron chi connectivity index (χ1n) is 11.9. The molecule has 0 aliphatic carbocycles. The predicted octanol–water partition coefficient (Wildman–Crippen LogP) is 6.67.